The highest BCUT2D eigenvalue weighted by molar-refractivity contribution is 7.79. The number of ether oxygens (including phenoxy) is 3. The number of rotatable bonds is 14. The van der Waals surface area contributed by atoms with Crippen molar-refractivity contribution in [3.63, 3.8) is 0 Å². The molecule has 0 heterocycles. The second-order valence-corrected chi connectivity index (χ2v) is 8.62. The lowest BCUT2D eigenvalue weighted by Crippen LogP contribution is -2.34. The quantitative estimate of drug-likeness (QED) is 0.134. The summed E-state index contributed by atoms with van der Waals surface area (Å²) >= 11 is 3.91. The van der Waals surface area contributed by atoms with Gasteiger partial charge in [0.05, 0.1) is 13.2 Å². The van der Waals surface area contributed by atoms with E-state index in [9.17, 15) is 15.0 Å². The molecular weight excluding hydrogens is 504 g/mol. The number of hydrogen-bond donors (Lipinski definition) is 4. The monoisotopic (exact) mass is 537 g/mol. The van der Waals surface area contributed by atoms with Crippen molar-refractivity contribution in [1.29, 1.82) is 0 Å². The van der Waals surface area contributed by atoms with Gasteiger partial charge in [0.15, 0.2) is 6.21 Å². The zero-order valence-electron chi connectivity index (χ0n) is 21.5. The summed E-state index contributed by atoms with van der Waals surface area (Å²) in [5.41, 5.74) is 2.75. The lowest BCUT2D eigenvalue weighted by Gasteiger charge is -2.17. The van der Waals surface area contributed by atoms with E-state index >= 15 is 0 Å². The summed E-state index contributed by atoms with van der Waals surface area (Å²) in [6, 6.07) is 15.4. The average molecular weight is 538 g/mol. The van der Waals surface area contributed by atoms with Gasteiger partial charge in [-0.3, -0.25) is 5.41 Å². The molecule has 0 aliphatic heterocycles. The van der Waals surface area contributed by atoms with E-state index in [2.05, 4.69) is 24.1 Å². The number of thiol groups is 1. The first-order chi connectivity index (χ1) is 18.4. The number of nitrogens with zero attached hydrogens (tertiary/aromatic N) is 1. The van der Waals surface area contributed by atoms with E-state index in [0.29, 0.717) is 61.0 Å². The van der Waals surface area contributed by atoms with Crippen molar-refractivity contribution >= 4 is 30.7 Å². The first-order valence-corrected chi connectivity index (χ1v) is 12.8. The molecule has 0 aliphatic carbocycles. The normalized spacial score (nSPS) is 11.2. The molecule has 0 aromatic heterocycles. The van der Waals surface area contributed by atoms with Crippen LogP contribution in [0.15, 0.2) is 59.0 Å². The van der Waals surface area contributed by atoms with Crippen molar-refractivity contribution in [2.24, 2.45) is 4.40 Å². The Hall–Kier alpha value is -3.98. The molecule has 0 atom stereocenters. The van der Waals surface area contributed by atoms with Crippen LogP contribution in [0.4, 0.5) is 0 Å². The zero-order valence-corrected chi connectivity index (χ0v) is 22.4. The molecule has 0 aliphatic rings. The van der Waals surface area contributed by atoms with Gasteiger partial charge < -0.3 is 24.4 Å². The number of hydrogen-bond acceptors (Lipinski definition) is 7. The zero-order chi connectivity index (χ0) is 27.5. The van der Waals surface area contributed by atoms with E-state index in [0.717, 1.165) is 17.5 Å². The van der Waals surface area contributed by atoms with Gasteiger partial charge in [-0.25, -0.2) is 9.19 Å². The molecule has 4 N–H and O–H groups in total. The molecule has 3 rings (SSSR count). The van der Waals surface area contributed by atoms with Crippen molar-refractivity contribution in [2.75, 3.05) is 13.2 Å². The van der Waals surface area contributed by atoms with Crippen LogP contribution < -0.4 is 19.6 Å². The molecule has 3 aromatic carbocycles. The Morgan fingerprint density at radius 3 is 2.32 bits per heavy atom. The van der Waals surface area contributed by atoms with Crippen LogP contribution in [0.25, 0.3) is 0 Å². The van der Waals surface area contributed by atoms with Crippen molar-refractivity contribution in [3.8, 4) is 28.7 Å². The van der Waals surface area contributed by atoms with E-state index in [1.807, 2.05) is 25.1 Å². The van der Waals surface area contributed by atoms with Crippen LogP contribution in [-0.2, 0) is 12.8 Å². The van der Waals surface area contributed by atoms with E-state index < -0.39 is 5.97 Å². The maximum atomic E-state index is 11.6. The number of phenols is 1. The molecule has 8 nitrogen and oxygen atoms in total. The number of nitrogens with two attached hydrogens (primary N) is 1. The van der Waals surface area contributed by atoms with Gasteiger partial charge in [-0.1, -0.05) is 38.5 Å². The van der Waals surface area contributed by atoms with Crippen LogP contribution in [0.1, 0.15) is 53.7 Å². The van der Waals surface area contributed by atoms with E-state index in [-0.39, 0.29) is 17.1 Å². The first-order valence-electron chi connectivity index (χ1n) is 12.4. The Bertz CT molecular complexity index is 1310. The standard InChI is InChI=1S/C29H32N2O6S/c1-3-9-20-25(12-7-13-26(20)37-27-11-6-5-10-21(27)29(33)34)35-14-8-15-36-28-17-24(32)22(16-19(28)4-2)23(18-30)31-38/h5-7,10-13,16-18,30,32,38H,3-4,8-9,14-15H2,1-2H3,(H,33,34)/p+1/b30-18?,31-23+. The molecule has 0 unspecified atom stereocenters. The maximum Gasteiger partial charge on any atom is 0.339 e. The number of carboxylic acids is 1. The largest absolute Gasteiger partial charge is 0.507 e. The van der Waals surface area contributed by atoms with Crippen LogP contribution in [0, 0.1) is 0 Å². The van der Waals surface area contributed by atoms with Crippen LogP contribution in [0.2, 0.25) is 0 Å². The summed E-state index contributed by atoms with van der Waals surface area (Å²) in [7, 11) is 0. The predicted octanol–water partition coefficient (Wildman–Crippen LogP) is 4.71. The number of phenolic OH excluding ortho intramolecular Hbond substituents is 1. The number of aryl methyl sites for hydroxylation is 1. The molecular formula is C29H33N2O6S+. The van der Waals surface area contributed by atoms with Crippen molar-refractivity contribution in [1.82, 2.24) is 0 Å². The highest BCUT2D eigenvalue weighted by atomic mass is 32.1. The van der Waals surface area contributed by atoms with Gasteiger partial charge in [0.1, 0.15) is 40.0 Å². The third-order valence-electron chi connectivity index (χ3n) is 5.83. The van der Waals surface area contributed by atoms with Crippen molar-refractivity contribution in [3.05, 3.63) is 76.9 Å². The van der Waals surface area contributed by atoms with Gasteiger partial charge in [-0.15, -0.1) is 0 Å². The molecule has 38 heavy (non-hydrogen) atoms. The van der Waals surface area contributed by atoms with Crippen LogP contribution in [0.3, 0.4) is 0 Å². The molecule has 3 aromatic rings. The molecule has 0 amide bonds. The summed E-state index contributed by atoms with van der Waals surface area (Å²) in [6.07, 6.45) is 4.16. The Kier molecular flexibility index (Phi) is 10.6. The minimum absolute atomic E-state index is 0.00782. The van der Waals surface area contributed by atoms with E-state index in [1.165, 1.54) is 12.3 Å². The number of carbonyl (C=O) groups is 1. The molecule has 0 spiro atoms. The fourth-order valence-electron chi connectivity index (χ4n) is 3.95. The maximum absolute atomic E-state index is 11.6. The number of benzene rings is 3. The second kappa shape index (κ2) is 14.1. The topological polar surface area (TPSA) is 123 Å². The highest BCUT2D eigenvalue weighted by Gasteiger charge is 2.16. The fraction of sp³-hybridized carbons (Fsp3) is 0.276. The highest BCUT2D eigenvalue weighted by Crippen LogP contribution is 2.35. The molecule has 0 bridgehead atoms. The lowest BCUT2D eigenvalue weighted by atomic mass is 10.0. The predicted molar refractivity (Wildman–Crippen MR) is 151 cm³/mol. The van der Waals surface area contributed by atoms with Crippen LogP contribution >= 0.6 is 12.8 Å². The molecule has 0 fully saturated rings. The van der Waals surface area contributed by atoms with Gasteiger partial charge in [0, 0.05) is 23.6 Å². The number of para-hydroxylation sites is 1. The van der Waals surface area contributed by atoms with Gasteiger partial charge >= 0.3 is 5.97 Å². The van der Waals surface area contributed by atoms with Gasteiger partial charge in [-0.05, 0) is 61.6 Å². The lowest BCUT2D eigenvalue weighted by molar-refractivity contribution is -0.102. The van der Waals surface area contributed by atoms with Crippen LogP contribution in [-0.4, -0.2) is 41.3 Å². The molecule has 200 valence electrons. The number of aromatic carboxylic acids is 1. The number of carboxylic acid groups (broad SMARTS) is 1. The summed E-state index contributed by atoms with van der Waals surface area (Å²) in [5, 5.41) is 25.5. The van der Waals surface area contributed by atoms with Gasteiger partial charge in [0.25, 0.3) is 0 Å². The minimum atomic E-state index is -1.05. The van der Waals surface area contributed by atoms with E-state index in [4.69, 9.17) is 19.6 Å². The average Bonchev–Trinajstić information content (AvgIpc) is 2.92. The summed E-state index contributed by atoms with van der Waals surface area (Å²) in [4.78, 5) is 11.6. The molecule has 0 radical (unpaired) electrons. The van der Waals surface area contributed by atoms with Crippen molar-refractivity contribution < 1.29 is 34.6 Å². The van der Waals surface area contributed by atoms with Crippen LogP contribution in [0.5, 0.6) is 28.7 Å². The van der Waals surface area contributed by atoms with E-state index in [1.54, 1.807) is 30.3 Å². The first kappa shape index (κ1) is 28.6. The van der Waals surface area contributed by atoms with Gasteiger partial charge in [-0.2, -0.15) is 0 Å². The fourth-order valence-corrected chi connectivity index (χ4v) is 4.13. The summed E-state index contributed by atoms with van der Waals surface area (Å²) in [5.74, 6) is 1.08. The van der Waals surface area contributed by atoms with Gasteiger partial charge in [0.2, 0.25) is 0 Å². The third kappa shape index (κ3) is 7.07. The minimum Gasteiger partial charge on any atom is -0.507 e. The second-order valence-electron chi connectivity index (χ2n) is 8.42. The Morgan fingerprint density at radius 2 is 1.66 bits per heavy atom. The molecule has 9 heteroatoms. The van der Waals surface area contributed by atoms with Crippen molar-refractivity contribution in [2.45, 2.75) is 39.5 Å². The Morgan fingerprint density at radius 1 is 0.974 bits per heavy atom. The Balaban J connectivity index is 1.66. The summed E-state index contributed by atoms with van der Waals surface area (Å²) in [6.45, 7) is 4.83. The Labute approximate surface area is 228 Å². The molecule has 0 saturated carbocycles. The number of aromatic hydroxyl groups is 1. The SMILES string of the molecule is CCCc1c(OCCCOc2cc(O)c(/C(C=[NH2+])=N/S)cc2CC)cccc1Oc1ccccc1C(=O)O. The third-order valence-corrected chi connectivity index (χ3v) is 6.05. The molecule has 0 saturated heterocycles. The smallest absolute Gasteiger partial charge is 0.339 e. The summed E-state index contributed by atoms with van der Waals surface area (Å²) < 4.78 is 21.8.